The van der Waals surface area contributed by atoms with E-state index in [1.807, 2.05) is 32.0 Å². The van der Waals surface area contributed by atoms with Gasteiger partial charge in [0, 0.05) is 42.8 Å². The van der Waals surface area contributed by atoms with Crippen LogP contribution in [0.25, 0.3) is 5.82 Å². The van der Waals surface area contributed by atoms with E-state index < -0.39 is 0 Å². The summed E-state index contributed by atoms with van der Waals surface area (Å²) in [4.78, 5) is 18.6. The van der Waals surface area contributed by atoms with Crippen LogP contribution in [0.2, 0.25) is 0 Å². The van der Waals surface area contributed by atoms with E-state index in [2.05, 4.69) is 30.5 Å². The van der Waals surface area contributed by atoms with Crippen molar-refractivity contribution in [2.24, 2.45) is 5.92 Å². The Morgan fingerprint density at radius 2 is 1.71 bits per heavy atom. The lowest BCUT2D eigenvalue weighted by atomic mass is 9.96. The number of nitrogens with one attached hydrogen (secondary N) is 1. The Balaban J connectivity index is 1.36. The SMILES string of the molecule is Cc1cc(C)n(-c2ccc(N3CCC(C(=O)Nc4ccncc4)CC3)nn2)n1. The predicted molar refractivity (Wildman–Crippen MR) is 106 cm³/mol. The van der Waals surface area contributed by atoms with Crippen molar-refractivity contribution in [2.45, 2.75) is 26.7 Å². The average Bonchev–Trinajstić information content (AvgIpc) is 3.07. The van der Waals surface area contributed by atoms with E-state index in [1.165, 1.54) is 0 Å². The van der Waals surface area contributed by atoms with E-state index in [4.69, 9.17) is 0 Å². The zero-order valence-corrected chi connectivity index (χ0v) is 16.0. The van der Waals surface area contributed by atoms with Gasteiger partial charge < -0.3 is 10.2 Å². The number of aryl methyl sites for hydroxylation is 2. The molecule has 1 aliphatic rings. The Hall–Kier alpha value is -3.29. The third-order valence-electron chi connectivity index (χ3n) is 5.00. The number of rotatable bonds is 4. The average molecular weight is 377 g/mol. The van der Waals surface area contributed by atoms with Crippen molar-refractivity contribution in [3.05, 3.63) is 54.1 Å². The Labute approximate surface area is 163 Å². The summed E-state index contributed by atoms with van der Waals surface area (Å²) < 4.78 is 1.79. The summed E-state index contributed by atoms with van der Waals surface area (Å²) in [6.07, 6.45) is 4.93. The molecule has 0 aliphatic carbocycles. The van der Waals surface area contributed by atoms with Gasteiger partial charge in [-0.25, -0.2) is 4.68 Å². The number of anilines is 2. The van der Waals surface area contributed by atoms with Gasteiger partial charge in [-0.15, -0.1) is 10.2 Å². The van der Waals surface area contributed by atoms with Gasteiger partial charge in [0.2, 0.25) is 5.91 Å². The number of aromatic nitrogens is 5. The summed E-state index contributed by atoms with van der Waals surface area (Å²) >= 11 is 0. The van der Waals surface area contributed by atoms with Gasteiger partial charge in [0.1, 0.15) is 0 Å². The first-order valence-electron chi connectivity index (χ1n) is 9.43. The Kier molecular flexibility index (Phi) is 5.01. The number of hydrogen-bond acceptors (Lipinski definition) is 6. The highest BCUT2D eigenvalue weighted by Gasteiger charge is 2.26. The second-order valence-corrected chi connectivity index (χ2v) is 7.08. The van der Waals surface area contributed by atoms with Crippen LogP contribution >= 0.6 is 0 Å². The first kappa shape index (κ1) is 18.1. The molecule has 0 spiro atoms. The van der Waals surface area contributed by atoms with Crippen LogP contribution in [0, 0.1) is 19.8 Å². The van der Waals surface area contributed by atoms with Gasteiger partial charge in [-0.2, -0.15) is 5.10 Å². The van der Waals surface area contributed by atoms with E-state index in [9.17, 15) is 4.79 Å². The van der Waals surface area contributed by atoms with Crippen LogP contribution in [0.1, 0.15) is 24.2 Å². The molecule has 3 aromatic heterocycles. The topological polar surface area (TPSA) is 88.8 Å². The molecule has 0 atom stereocenters. The lowest BCUT2D eigenvalue weighted by Crippen LogP contribution is -2.38. The van der Waals surface area contributed by atoms with E-state index in [0.717, 1.165) is 48.8 Å². The van der Waals surface area contributed by atoms with Gasteiger partial charge in [-0.1, -0.05) is 0 Å². The molecule has 1 amide bonds. The van der Waals surface area contributed by atoms with Gasteiger partial charge in [0.05, 0.1) is 5.69 Å². The fourth-order valence-electron chi connectivity index (χ4n) is 3.51. The minimum Gasteiger partial charge on any atom is -0.355 e. The van der Waals surface area contributed by atoms with Gasteiger partial charge in [0.25, 0.3) is 0 Å². The van der Waals surface area contributed by atoms with Crippen molar-refractivity contribution in [1.82, 2.24) is 25.0 Å². The standard InChI is InChI=1S/C20H23N7O/c1-14-13-15(2)27(25-14)19-4-3-18(23-24-19)26-11-7-16(8-12-26)20(28)22-17-5-9-21-10-6-17/h3-6,9-10,13,16H,7-8,11-12H2,1-2H3,(H,21,22,28). The predicted octanol–water partition coefficient (Wildman–Crippen LogP) is 2.53. The molecule has 0 aromatic carbocycles. The number of piperidine rings is 1. The number of pyridine rings is 1. The first-order valence-corrected chi connectivity index (χ1v) is 9.43. The summed E-state index contributed by atoms with van der Waals surface area (Å²) in [5.41, 5.74) is 2.77. The molecule has 0 radical (unpaired) electrons. The molecule has 0 saturated carbocycles. The van der Waals surface area contributed by atoms with Crippen molar-refractivity contribution in [1.29, 1.82) is 0 Å². The fourth-order valence-corrected chi connectivity index (χ4v) is 3.51. The molecule has 1 aliphatic heterocycles. The molecule has 4 heterocycles. The second kappa shape index (κ2) is 7.75. The van der Waals surface area contributed by atoms with Crippen molar-refractivity contribution in [3.63, 3.8) is 0 Å². The quantitative estimate of drug-likeness (QED) is 0.752. The van der Waals surface area contributed by atoms with Crippen molar-refractivity contribution < 1.29 is 4.79 Å². The van der Waals surface area contributed by atoms with Gasteiger partial charge in [-0.3, -0.25) is 9.78 Å². The molecule has 8 heteroatoms. The highest BCUT2D eigenvalue weighted by atomic mass is 16.1. The minimum absolute atomic E-state index is 0.00588. The highest BCUT2D eigenvalue weighted by molar-refractivity contribution is 5.92. The molecule has 0 bridgehead atoms. The Morgan fingerprint density at radius 3 is 2.32 bits per heavy atom. The molecule has 1 N–H and O–H groups in total. The van der Waals surface area contributed by atoms with E-state index in [0.29, 0.717) is 5.82 Å². The lowest BCUT2D eigenvalue weighted by Gasteiger charge is -2.31. The maximum atomic E-state index is 12.5. The number of carbonyl (C=O) groups is 1. The van der Waals surface area contributed by atoms with Crippen LogP contribution < -0.4 is 10.2 Å². The van der Waals surface area contributed by atoms with Crippen LogP contribution in [-0.4, -0.2) is 44.0 Å². The Bertz CT molecular complexity index is 944. The fraction of sp³-hybridized carbons (Fsp3) is 0.350. The van der Waals surface area contributed by atoms with Crippen molar-refractivity contribution >= 4 is 17.4 Å². The first-order chi connectivity index (χ1) is 13.6. The third kappa shape index (κ3) is 3.85. The van der Waals surface area contributed by atoms with Crippen LogP contribution in [0.4, 0.5) is 11.5 Å². The molecule has 1 saturated heterocycles. The lowest BCUT2D eigenvalue weighted by molar-refractivity contribution is -0.120. The zero-order chi connectivity index (χ0) is 19.5. The summed E-state index contributed by atoms with van der Waals surface area (Å²) in [6, 6.07) is 9.51. The largest absolute Gasteiger partial charge is 0.355 e. The number of nitrogens with zero attached hydrogens (tertiary/aromatic N) is 6. The van der Waals surface area contributed by atoms with Crippen molar-refractivity contribution in [2.75, 3.05) is 23.3 Å². The summed E-state index contributed by atoms with van der Waals surface area (Å²) in [7, 11) is 0. The Morgan fingerprint density at radius 1 is 1.04 bits per heavy atom. The van der Waals surface area contributed by atoms with Crippen LogP contribution in [-0.2, 0) is 4.79 Å². The molecule has 4 rings (SSSR count). The molecule has 28 heavy (non-hydrogen) atoms. The molecule has 144 valence electrons. The van der Waals surface area contributed by atoms with Crippen LogP contribution in [0.5, 0.6) is 0 Å². The van der Waals surface area contributed by atoms with Gasteiger partial charge >= 0.3 is 0 Å². The normalized spacial score (nSPS) is 14.9. The monoisotopic (exact) mass is 377 g/mol. The van der Waals surface area contributed by atoms with E-state index in [-0.39, 0.29) is 11.8 Å². The smallest absolute Gasteiger partial charge is 0.227 e. The van der Waals surface area contributed by atoms with Crippen LogP contribution in [0.3, 0.4) is 0 Å². The third-order valence-corrected chi connectivity index (χ3v) is 5.00. The van der Waals surface area contributed by atoms with Crippen molar-refractivity contribution in [3.8, 4) is 5.82 Å². The second-order valence-electron chi connectivity index (χ2n) is 7.08. The zero-order valence-electron chi connectivity index (χ0n) is 16.0. The minimum atomic E-state index is 0.00588. The number of carbonyl (C=O) groups excluding carboxylic acids is 1. The summed E-state index contributed by atoms with van der Waals surface area (Å²) in [5.74, 6) is 1.61. The molecular weight excluding hydrogens is 354 g/mol. The maximum absolute atomic E-state index is 12.5. The van der Waals surface area contributed by atoms with Gasteiger partial charge in [0.15, 0.2) is 11.6 Å². The molecule has 0 unspecified atom stereocenters. The van der Waals surface area contributed by atoms with Gasteiger partial charge in [-0.05, 0) is 57.0 Å². The van der Waals surface area contributed by atoms with Crippen LogP contribution in [0.15, 0.2) is 42.7 Å². The highest BCUT2D eigenvalue weighted by Crippen LogP contribution is 2.23. The summed E-state index contributed by atoms with van der Waals surface area (Å²) in [6.45, 7) is 5.52. The van der Waals surface area contributed by atoms with E-state index in [1.54, 1.807) is 29.2 Å². The number of amides is 1. The number of hydrogen-bond donors (Lipinski definition) is 1. The molecule has 8 nitrogen and oxygen atoms in total. The molecular formula is C20H23N7O. The maximum Gasteiger partial charge on any atom is 0.227 e. The molecule has 3 aromatic rings. The van der Waals surface area contributed by atoms with E-state index >= 15 is 0 Å². The summed E-state index contributed by atoms with van der Waals surface area (Å²) in [5, 5.41) is 16.1. The molecule has 1 fully saturated rings.